The highest BCUT2D eigenvalue weighted by atomic mass is 32.2. The molecule has 2 heterocycles. The van der Waals surface area contributed by atoms with Gasteiger partial charge in [-0.15, -0.1) is 11.3 Å². The lowest BCUT2D eigenvalue weighted by molar-refractivity contribution is 0.405. The Labute approximate surface area is 93.2 Å². The van der Waals surface area contributed by atoms with Crippen LogP contribution in [0.25, 0.3) is 0 Å². The van der Waals surface area contributed by atoms with Crippen LogP contribution in [0.15, 0.2) is 11.4 Å². The van der Waals surface area contributed by atoms with Crippen LogP contribution in [0.3, 0.4) is 0 Å². The summed E-state index contributed by atoms with van der Waals surface area (Å²) in [7, 11) is 0. The molecule has 0 saturated carbocycles. The zero-order valence-electron chi connectivity index (χ0n) is 8.32. The van der Waals surface area contributed by atoms with Crippen LogP contribution in [0.1, 0.15) is 22.9 Å². The smallest absolute Gasteiger partial charge is 0.0592 e. The molecule has 1 aromatic rings. The third-order valence-corrected chi connectivity index (χ3v) is 5.09. The molecule has 2 atom stereocenters. The summed E-state index contributed by atoms with van der Waals surface area (Å²) in [6, 6.07) is 2.54. The predicted octanol–water partition coefficient (Wildman–Crippen LogP) is 2.31. The van der Waals surface area contributed by atoms with Crippen LogP contribution in [0, 0.1) is 12.8 Å². The molecule has 0 spiro atoms. The molecule has 1 aliphatic rings. The topological polar surface area (TPSA) is 38.0 Å². The monoisotopic (exact) mass is 228 g/mol. The molecule has 0 radical (unpaired) electrons. The lowest BCUT2D eigenvalue weighted by Gasteiger charge is -2.21. The fourth-order valence-electron chi connectivity index (χ4n) is 1.94. The van der Waals surface area contributed by atoms with E-state index in [1.807, 2.05) is 23.1 Å². The number of hydrogen-bond acceptors (Lipinski definition) is 4. The van der Waals surface area contributed by atoms with Crippen molar-refractivity contribution in [2.45, 2.75) is 19.4 Å². The minimum Gasteiger partial charge on any atom is -0.271 e. The van der Waals surface area contributed by atoms with Crippen LogP contribution in [-0.2, 0) is 0 Å². The molecule has 3 N–H and O–H groups in total. The Kier molecular flexibility index (Phi) is 3.49. The van der Waals surface area contributed by atoms with E-state index in [0.29, 0.717) is 12.0 Å². The van der Waals surface area contributed by atoms with Crippen molar-refractivity contribution in [3.05, 3.63) is 21.9 Å². The van der Waals surface area contributed by atoms with Crippen molar-refractivity contribution >= 4 is 23.1 Å². The summed E-state index contributed by atoms with van der Waals surface area (Å²) in [6.07, 6.45) is 1.29. The number of aryl methyl sites for hydroxylation is 1. The maximum absolute atomic E-state index is 5.66. The largest absolute Gasteiger partial charge is 0.271 e. The molecule has 1 aliphatic heterocycles. The summed E-state index contributed by atoms with van der Waals surface area (Å²) >= 11 is 3.86. The summed E-state index contributed by atoms with van der Waals surface area (Å²) in [4.78, 5) is 1.42. The summed E-state index contributed by atoms with van der Waals surface area (Å²) < 4.78 is 0. The van der Waals surface area contributed by atoms with Crippen LogP contribution >= 0.6 is 23.1 Å². The molecule has 1 fully saturated rings. The molecular formula is C10H16N2S2. The third kappa shape index (κ3) is 1.98. The molecule has 2 nitrogen and oxygen atoms in total. The molecule has 2 rings (SSSR count). The van der Waals surface area contributed by atoms with Crippen molar-refractivity contribution in [2.24, 2.45) is 11.8 Å². The first-order valence-electron chi connectivity index (χ1n) is 4.91. The van der Waals surface area contributed by atoms with Crippen molar-refractivity contribution in [3.63, 3.8) is 0 Å². The molecule has 78 valence electrons. The Balaban J connectivity index is 2.16. The fourth-order valence-corrected chi connectivity index (χ4v) is 4.32. The number of nitrogens with one attached hydrogen (secondary N) is 1. The van der Waals surface area contributed by atoms with Gasteiger partial charge in [-0.05, 0) is 47.8 Å². The summed E-state index contributed by atoms with van der Waals surface area (Å²) in [5, 5.41) is 2.15. The van der Waals surface area contributed by atoms with Gasteiger partial charge in [0.1, 0.15) is 0 Å². The van der Waals surface area contributed by atoms with Crippen LogP contribution < -0.4 is 11.3 Å². The normalized spacial score (nSPS) is 24.0. The Bertz CT molecular complexity index is 292. The van der Waals surface area contributed by atoms with Gasteiger partial charge in [-0.3, -0.25) is 11.3 Å². The third-order valence-electron chi connectivity index (χ3n) is 2.80. The summed E-state index contributed by atoms with van der Waals surface area (Å²) in [5.41, 5.74) is 4.35. The SMILES string of the molecule is Cc1ccsc1C(NN)C1CCSC1. The molecular weight excluding hydrogens is 212 g/mol. The van der Waals surface area contributed by atoms with Crippen molar-refractivity contribution in [3.8, 4) is 0 Å². The van der Waals surface area contributed by atoms with E-state index in [4.69, 9.17) is 5.84 Å². The highest BCUT2D eigenvalue weighted by Crippen LogP contribution is 2.36. The molecule has 0 aliphatic carbocycles. The minimum atomic E-state index is 0.366. The maximum atomic E-state index is 5.66. The van der Waals surface area contributed by atoms with Gasteiger partial charge >= 0.3 is 0 Å². The Morgan fingerprint density at radius 3 is 3.00 bits per heavy atom. The van der Waals surface area contributed by atoms with Gasteiger partial charge in [-0.2, -0.15) is 11.8 Å². The lowest BCUT2D eigenvalue weighted by Crippen LogP contribution is -2.33. The molecule has 1 aromatic heterocycles. The van der Waals surface area contributed by atoms with E-state index in [9.17, 15) is 0 Å². The van der Waals surface area contributed by atoms with Gasteiger partial charge in [0.15, 0.2) is 0 Å². The van der Waals surface area contributed by atoms with E-state index in [0.717, 1.165) is 0 Å². The number of hydrogen-bond donors (Lipinski definition) is 2. The van der Waals surface area contributed by atoms with Crippen molar-refractivity contribution < 1.29 is 0 Å². The molecule has 2 unspecified atom stereocenters. The van der Waals surface area contributed by atoms with Crippen LogP contribution in [0.4, 0.5) is 0 Å². The fraction of sp³-hybridized carbons (Fsp3) is 0.600. The second-order valence-electron chi connectivity index (χ2n) is 3.74. The number of thiophene rings is 1. The molecule has 0 amide bonds. The summed E-state index contributed by atoms with van der Waals surface area (Å²) in [6.45, 7) is 2.16. The van der Waals surface area contributed by atoms with E-state index in [1.165, 1.54) is 28.4 Å². The van der Waals surface area contributed by atoms with Crippen LogP contribution in [0.5, 0.6) is 0 Å². The molecule has 0 bridgehead atoms. The number of rotatable bonds is 3. The van der Waals surface area contributed by atoms with Gasteiger partial charge in [0.2, 0.25) is 0 Å². The van der Waals surface area contributed by atoms with Crippen LogP contribution in [-0.4, -0.2) is 11.5 Å². The molecule has 0 aromatic carbocycles. The van der Waals surface area contributed by atoms with Crippen molar-refractivity contribution in [2.75, 3.05) is 11.5 Å². The van der Waals surface area contributed by atoms with Gasteiger partial charge in [0, 0.05) is 4.88 Å². The second kappa shape index (κ2) is 4.66. The highest BCUT2D eigenvalue weighted by molar-refractivity contribution is 7.99. The summed E-state index contributed by atoms with van der Waals surface area (Å²) in [5.74, 6) is 8.90. The van der Waals surface area contributed by atoms with Crippen molar-refractivity contribution in [1.82, 2.24) is 5.43 Å². The van der Waals surface area contributed by atoms with Gasteiger partial charge in [0.25, 0.3) is 0 Å². The van der Waals surface area contributed by atoms with Gasteiger partial charge in [-0.25, -0.2) is 0 Å². The first-order valence-corrected chi connectivity index (χ1v) is 6.94. The van der Waals surface area contributed by atoms with Crippen molar-refractivity contribution in [1.29, 1.82) is 0 Å². The quantitative estimate of drug-likeness (QED) is 0.616. The van der Waals surface area contributed by atoms with E-state index in [-0.39, 0.29) is 0 Å². The first kappa shape index (κ1) is 10.5. The van der Waals surface area contributed by atoms with E-state index >= 15 is 0 Å². The Morgan fingerprint density at radius 1 is 1.64 bits per heavy atom. The highest BCUT2D eigenvalue weighted by Gasteiger charge is 2.27. The predicted molar refractivity (Wildman–Crippen MR) is 64.6 cm³/mol. The average molecular weight is 228 g/mol. The maximum Gasteiger partial charge on any atom is 0.0592 e. The number of thioether (sulfide) groups is 1. The van der Waals surface area contributed by atoms with Gasteiger partial charge < -0.3 is 0 Å². The standard InChI is InChI=1S/C10H16N2S2/c1-7-2-5-14-10(7)9(12-11)8-3-4-13-6-8/h2,5,8-9,12H,3-4,6,11H2,1H3. The zero-order chi connectivity index (χ0) is 9.97. The molecule has 1 saturated heterocycles. The molecule has 4 heteroatoms. The van der Waals surface area contributed by atoms with Gasteiger partial charge in [0.05, 0.1) is 6.04 Å². The number of nitrogens with two attached hydrogens (primary N) is 1. The van der Waals surface area contributed by atoms with E-state index in [1.54, 1.807) is 0 Å². The zero-order valence-corrected chi connectivity index (χ0v) is 9.96. The van der Waals surface area contributed by atoms with E-state index in [2.05, 4.69) is 23.8 Å². The molecule has 14 heavy (non-hydrogen) atoms. The Morgan fingerprint density at radius 2 is 2.50 bits per heavy atom. The lowest BCUT2D eigenvalue weighted by atomic mass is 9.97. The second-order valence-corrected chi connectivity index (χ2v) is 5.83. The Hall–Kier alpha value is -0.0300. The first-order chi connectivity index (χ1) is 6.83. The number of hydrazine groups is 1. The van der Waals surface area contributed by atoms with Crippen LogP contribution in [0.2, 0.25) is 0 Å². The minimum absolute atomic E-state index is 0.366. The van der Waals surface area contributed by atoms with Gasteiger partial charge in [-0.1, -0.05) is 0 Å². The van der Waals surface area contributed by atoms with E-state index < -0.39 is 0 Å². The average Bonchev–Trinajstić information content (AvgIpc) is 2.80.